The van der Waals surface area contributed by atoms with Crippen molar-refractivity contribution in [1.82, 2.24) is 0 Å². The first-order valence-electron chi connectivity index (χ1n) is 3.62. The number of rotatable bonds is 2. The van der Waals surface area contributed by atoms with Crippen LogP contribution < -0.4 is 0 Å². The normalized spacial score (nSPS) is 19.0. The fourth-order valence-corrected chi connectivity index (χ4v) is 3.29. The van der Waals surface area contributed by atoms with Crippen LogP contribution in [0.3, 0.4) is 0 Å². The van der Waals surface area contributed by atoms with Gasteiger partial charge in [0.15, 0.2) is 0 Å². The number of hydrogen-bond donors (Lipinski definition) is 1. The highest BCUT2D eigenvalue weighted by Crippen LogP contribution is 2.13. The van der Waals surface area contributed by atoms with Gasteiger partial charge in [0, 0.05) is 11.9 Å². The maximum Gasteiger partial charge on any atom is 0.472 e. The van der Waals surface area contributed by atoms with E-state index < -0.39 is 20.5 Å². The molecule has 0 amide bonds. The Morgan fingerprint density at radius 3 is 2.90 bits per heavy atom. The molecular weight excluding hydrogens is 147 g/mol. The molecule has 0 aromatic carbocycles. The molecule has 0 bridgehead atoms. The van der Waals surface area contributed by atoms with Gasteiger partial charge in [0.2, 0.25) is 0 Å². The molecule has 0 aromatic rings. The summed E-state index contributed by atoms with van der Waals surface area (Å²) in [6, 6.07) is 0. The van der Waals surface area contributed by atoms with Gasteiger partial charge in [-0.25, -0.2) is 0 Å². The number of aliphatic carboxylic acids is 1. The van der Waals surface area contributed by atoms with E-state index in [2.05, 4.69) is 0 Å². The van der Waals surface area contributed by atoms with Crippen LogP contribution in [0.25, 0.3) is 0 Å². The third-order valence-corrected chi connectivity index (χ3v) is 4.24. The fraction of sp³-hybridized carbons (Fsp3) is 0.833. The van der Waals surface area contributed by atoms with E-state index in [0.717, 1.165) is 18.3 Å². The van der Waals surface area contributed by atoms with Crippen molar-refractivity contribution < 1.29 is 13.7 Å². The third kappa shape index (κ3) is 2.70. The zero-order valence-corrected chi connectivity index (χ0v) is 7.03. The molecule has 1 saturated heterocycles. The van der Waals surface area contributed by atoms with Gasteiger partial charge >= 0.3 is 14.5 Å². The second-order valence-corrected chi connectivity index (χ2v) is 5.15. The zero-order chi connectivity index (χ0) is 7.40. The minimum atomic E-state index is -1.28. The molecule has 1 fully saturated rings. The lowest BCUT2D eigenvalue weighted by Crippen LogP contribution is -2.25. The van der Waals surface area contributed by atoms with Crippen molar-refractivity contribution in [3.8, 4) is 0 Å². The first-order chi connectivity index (χ1) is 4.79. The number of carboxylic acid groups (broad SMARTS) is 1. The maximum absolute atomic E-state index is 10.2. The van der Waals surface area contributed by atoms with Crippen LogP contribution in [0.4, 0.5) is 0 Å². The first-order valence-corrected chi connectivity index (χ1v) is 5.73. The smallest absolute Gasteiger partial charge is 0.472 e. The molecule has 10 heavy (non-hydrogen) atoms. The van der Waals surface area contributed by atoms with E-state index in [9.17, 15) is 4.79 Å². The Morgan fingerprint density at radius 2 is 2.40 bits per heavy atom. The highest BCUT2D eigenvalue weighted by atomic mass is 27.2. The molecule has 0 aliphatic carbocycles. The van der Waals surface area contributed by atoms with Gasteiger partial charge in [0.1, 0.15) is 0 Å². The Hall–Kier alpha value is -0.0375. The summed E-state index contributed by atoms with van der Waals surface area (Å²) in [5.74, 6) is -0.696. The highest BCUT2D eigenvalue weighted by Gasteiger charge is 2.25. The van der Waals surface area contributed by atoms with E-state index in [-0.39, 0.29) is 0 Å². The summed E-state index contributed by atoms with van der Waals surface area (Å²) < 4.78 is 5.35. The van der Waals surface area contributed by atoms with Crippen molar-refractivity contribution in [2.75, 3.05) is 6.61 Å². The van der Waals surface area contributed by atoms with Crippen LogP contribution in [-0.2, 0) is 8.58 Å². The summed E-state index contributed by atoms with van der Waals surface area (Å²) in [6.45, 7) is 0.796. The van der Waals surface area contributed by atoms with Crippen LogP contribution in [0.1, 0.15) is 12.8 Å². The van der Waals surface area contributed by atoms with E-state index in [4.69, 9.17) is 8.90 Å². The fourth-order valence-electron chi connectivity index (χ4n) is 1.16. The third-order valence-electron chi connectivity index (χ3n) is 1.68. The lowest BCUT2D eigenvalue weighted by molar-refractivity contribution is -0.134. The SMILES string of the molecule is O=C(O)[CH2][Al]1[CH2]CCC[O]1. The van der Waals surface area contributed by atoms with Gasteiger partial charge in [-0.2, -0.15) is 0 Å². The minimum Gasteiger partial charge on any atom is -0.500 e. The molecule has 3 nitrogen and oxygen atoms in total. The average molecular weight is 158 g/mol. The molecule has 4 heteroatoms. The number of carbonyl (C=O) groups is 1. The van der Waals surface area contributed by atoms with Crippen molar-refractivity contribution in [3.05, 3.63) is 0 Å². The Morgan fingerprint density at radius 1 is 1.60 bits per heavy atom. The van der Waals surface area contributed by atoms with Gasteiger partial charge in [-0.3, -0.25) is 4.79 Å². The maximum atomic E-state index is 10.2. The predicted octanol–water partition coefficient (Wildman–Crippen LogP) is 0.873. The summed E-state index contributed by atoms with van der Waals surface area (Å²) in [5.41, 5.74) is 0. The van der Waals surface area contributed by atoms with E-state index in [1.807, 2.05) is 0 Å². The quantitative estimate of drug-likeness (QED) is 0.606. The Kier molecular flexibility index (Phi) is 3.20. The summed E-state index contributed by atoms with van der Waals surface area (Å²) in [7, 11) is 0. The zero-order valence-electron chi connectivity index (χ0n) is 5.88. The van der Waals surface area contributed by atoms with Crippen LogP contribution >= 0.6 is 0 Å². The molecule has 1 N–H and O–H groups in total. The second-order valence-electron chi connectivity index (χ2n) is 2.59. The average Bonchev–Trinajstić information content (AvgIpc) is 1.88. The van der Waals surface area contributed by atoms with Crippen molar-refractivity contribution in [2.45, 2.75) is 23.4 Å². The molecule has 0 atom stereocenters. The summed E-state index contributed by atoms with van der Waals surface area (Å²) in [5, 5.41) is 9.77. The van der Waals surface area contributed by atoms with Gasteiger partial charge in [-0.05, 0) is 6.42 Å². The van der Waals surface area contributed by atoms with Gasteiger partial charge in [0.25, 0.3) is 5.97 Å². The second kappa shape index (κ2) is 3.97. The molecule has 0 unspecified atom stereocenters. The molecule has 0 saturated carbocycles. The van der Waals surface area contributed by atoms with Crippen molar-refractivity contribution in [2.24, 2.45) is 0 Å². The molecule has 1 rings (SSSR count). The standard InChI is InChI=1S/C4H8O.C2H3O2.Al/c1-2-3-4-5;1-2(3)4;/h1-4H2;1H2,(H,3,4);/q-1;;+1. The molecule has 0 radical (unpaired) electrons. The van der Waals surface area contributed by atoms with Crippen molar-refractivity contribution in [1.29, 1.82) is 0 Å². The van der Waals surface area contributed by atoms with Gasteiger partial charge in [-0.15, -0.1) is 0 Å². The minimum absolute atomic E-state index is 0.306. The molecular formula is C6H11AlO3. The number of hydrogen-bond acceptors (Lipinski definition) is 2. The Labute approximate surface area is 64.7 Å². The molecule has 0 aromatic heterocycles. The summed E-state index contributed by atoms with van der Waals surface area (Å²) in [4.78, 5) is 10.2. The Bertz CT molecular complexity index is 120. The Balaban J connectivity index is 2.19. The monoisotopic (exact) mass is 158 g/mol. The van der Waals surface area contributed by atoms with Gasteiger partial charge in [0.05, 0.1) is 0 Å². The largest absolute Gasteiger partial charge is 0.500 e. The highest BCUT2D eigenvalue weighted by molar-refractivity contribution is 6.55. The van der Waals surface area contributed by atoms with E-state index in [1.165, 1.54) is 6.42 Å². The van der Waals surface area contributed by atoms with Gasteiger partial charge in [-0.1, -0.05) is 11.7 Å². The summed E-state index contributed by atoms with van der Waals surface area (Å²) in [6.07, 6.45) is 2.29. The molecule has 1 heterocycles. The van der Waals surface area contributed by atoms with E-state index in [0.29, 0.717) is 5.28 Å². The van der Waals surface area contributed by atoms with Crippen LogP contribution in [0.5, 0.6) is 0 Å². The van der Waals surface area contributed by atoms with Crippen LogP contribution in [-0.4, -0.2) is 32.2 Å². The summed E-state index contributed by atoms with van der Waals surface area (Å²) >= 11 is -1.28. The lowest BCUT2D eigenvalue weighted by atomic mass is 10.4. The van der Waals surface area contributed by atoms with Crippen LogP contribution in [0.2, 0.25) is 10.6 Å². The number of carboxylic acids is 1. The van der Waals surface area contributed by atoms with Crippen LogP contribution in [0.15, 0.2) is 0 Å². The van der Waals surface area contributed by atoms with E-state index in [1.54, 1.807) is 0 Å². The molecule has 56 valence electrons. The topological polar surface area (TPSA) is 46.5 Å². The van der Waals surface area contributed by atoms with Crippen molar-refractivity contribution >= 4 is 20.5 Å². The molecule has 1 aliphatic rings. The first kappa shape index (κ1) is 8.06. The van der Waals surface area contributed by atoms with E-state index >= 15 is 0 Å². The van der Waals surface area contributed by atoms with Gasteiger partial charge < -0.3 is 8.90 Å². The molecule has 1 aliphatic heterocycles. The van der Waals surface area contributed by atoms with Crippen molar-refractivity contribution in [3.63, 3.8) is 0 Å². The lowest BCUT2D eigenvalue weighted by Gasteiger charge is -2.16. The predicted molar refractivity (Wildman–Crippen MR) is 38.2 cm³/mol. The molecule has 0 spiro atoms. The van der Waals surface area contributed by atoms with Crippen LogP contribution in [0, 0.1) is 0 Å².